The van der Waals surface area contributed by atoms with Crippen molar-refractivity contribution in [3.8, 4) is 0 Å². The highest BCUT2D eigenvalue weighted by Gasteiger charge is 2.16. The van der Waals surface area contributed by atoms with Crippen LogP contribution in [0.2, 0.25) is 0 Å². The Labute approximate surface area is 145 Å². The van der Waals surface area contributed by atoms with E-state index in [9.17, 15) is 9.59 Å². The Bertz CT molecular complexity index is 723. The van der Waals surface area contributed by atoms with Gasteiger partial charge in [0, 0.05) is 18.7 Å². The predicted octanol–water partition coefficient (Wildman–Crippen LogP) is 2.30. The van der Waals surface area contributed by atoms with Gasteiger partial charge in [-0.2, -0.15) is 0 Å². The molecule has 0 radical (unpaired) electrons. The molecular weight excluding hydrogens is 324 g/mol. The molecule has 1 heterocycles. The number of nitrogens with zero attached hydrogens (tertiary/aromatic N) is 2. The standard InChI is InChI=1S/C17H22N4O2S/c1-11-5-7-13(8-6-11)15(22)20-17-19-12(2)14(24-17)16(23)18-9-10-21(3)4/h5-8H,9-10H2,1-4H3,(H,18,23)(H,19,20,22). The molecule has 1 aromatic carbocycles. The van der Waals surface area contributed by atoms with Crippen LogP contribution in [0.4, 0.5) is 5.13 Å². The molecular formula is C17H22N4O2S. The first-order valence-electron chi connectivity index (χ1n) is 7.65. The summed E-state index contributed by atoms with van der Waals surface area (Å²) in [6.07, 6.45) is 0. The molecule has 0 bridgehead atoms. The van der Waals surface area contributed by atoms with E-state index in [4.69, 9.17) is 0 Å². The largest absolute Gasteiger partial charge is 0.350 e. The quantitative estimate of drug-likeness (QED) is 0.842. The lowest BCUT2D eigenvalue weighted by molar-refractivity contribution is 0.0953. The minimum atomic E-state index is -0.233. The van der Waals surface area contributed by atoms with E-state index in [2.05, 4.69) is 15.6 Å². The maximum absolute atomic E-state index is 12.2. The van der Waals surface area contributed by atoms with Crippen molar-refractivity contribution in [1.29, 1.82) is 0 Å². The third-order valence-electron chi connectivity index (χ3n) is 3.38. The lowest BCUT2D eigenvalue weighted by atomic mass is 10.1. The number of amides is 2. The van der Waals surface area contributed by atoms with Crippen molar-refractivity contribution in [2.45, 2.75) is 13.8 Å². The lowest BCUT2D eigenvalue weighted by Gasteiger charge is -2.09. The van der Waals surface area contributed by atoms with Crippen LogP contribution in [0, 0.1) is 13.8 Å². The van der Waals surface area contributed by atoms with Gasteiger partial charge in [-0.25, -0.2) is 4.98 Å². The van der Waals surface area contributed by atoms with Crippen LogP contribution in [-0.2, 0) is 0 Å². The zero-order chi connectivity index (χ0) is 17.7. The van der Waals surface area contributed by atoms with Crippen LogP contribution in [0.3, 0.4) is 0 Å². The fourth-order valence-electron chi connectivity index (χ4n) is 2.01. The number of rotatable bonds is 6. The van der Waals surface area contributed by atoms with Crippen molar-refractivity contribution in [3.63, 3.8) is 0 Å². The minimum absolute atomic E-state index is 0.164. The average molecular weight is 346 g/mol. The molecule has 0 aliphatic heterocycles. The normalized spacial score (nSPS) is 10.7. The second-order valence-electron chi connectivity index (χ2n) is 5.81. The summed E-state index contributed by atoms with van der Waals surface area (Å²) in [5, 5.41) is 6.03. The molecule has 2 rings (SSSR count). The van der Waals surface area contributed by atoms with Gasteiger partial charge in [-0.3, -0.25) is 14.9 Å². The number of aryl methyl sites for hydroxylation is 2. The molecule has 0 spiro atoms. The van der Waals surface area contributed by atoms with Crippen LogP contribution in [0.25, 0.3) is 0 Å². The second-order valence-corrected chi connectivity index (χ2v) is 6.81. The van der Waals surface area contributed by atoms with Crippen LogP contribution < -0.4 is 10.6 Å². The summed E-state index contributed by atoms with van der Waals surface area (Å²) in [4.78, 5) is 31.2. The SMILES string of the molecule is Cc1ccc(C(=O)Nc2nc(C)c(C(=O)NCCN(C)C)s2)cc1. The number of carbonyl (C=O) groups is 2. The molecule has 0 saturated heterocycles. The molecule has 0 saturated carbocycles. The number of anilines is 1. The summed E-state index contributed by atoms with van der Waals surface area (Å²) in [5.74, 6) is -0.397. The number of nitrogens with one attached hydrogen (secondary N) is 2. The van der Waals surface area contributed by atoms with Gasteiger partial charge >= 0.3 is 0 Å². The molecule has 2 amide bonds. The van der Waals surface area contributed by atoms with Crippen molar-refractivity contribution in [3.05, 3.63) is 46.0 Å². The number of benzene rings is 1. The van der Waals surface area contributed by atoms with Crippen molar-refractivity contribution >= 4 is 28.3 Å². The highest BCUT2D eigenvalue weighted by atomic mass is 32.1. The number of likely N-dealkylation sites (N-methyl/N-ethyl adjacent to an activating group) is 1. The monoisotopic (exact) mass is 346 g/mol. The Balaban J connectivity index is 2.01. The first-order chi connectivity index (χ1) is 11.4. The molecule has 2 N–H and O–H groups in total. The van der Waals surface area contributed by atoms with E-state index < -0.39 is 0 Å². The maximum Gasteiger partial charge on any atom is 0.263 e. The molecule has 6 nitrogen and oxygen atoms in total. The van der Waals surface area contributed by atoms with Gasteiger partial charge in [0.05, 0.1) is 5.69 Å². The van der Waals surface area contributed by atoms with Crippen LogP contribution in [0.5, 0.6) is 0 Å². The van der Waals surface area contributed by atoms with E-state index in [0.29, 0.717) is 27.8 Å². The molecule has 24 heavy (non-hydrogen) atoms. The van der Waals surface area contributed by atoms with E-state index >= 15 is 0 Å². The Morgan fingerprint density at radius 1 is 1.12 bits per heavy atom. The number of hydrogen-bond donors (Lipinski definition) is 2. The molecule has 128 valence electrons. The van der Waals surface area contributed by atoms with Crippen molar-refractivity contribution in [2.24, 2.45) is 0 Å². The molecule has 0 unspecified atom stereocenters. The summed E-state index contributed by atoms with van der Waals surface area (Å²) in [6, 6.07) is 7.29. The van der Waals surface area contributed by atoms with E-state index in [-0.39, 0.29) is 11.8 Å². The Morgan fingerprint density at radius 2 is 1.79 bits per heavy atom. The summed E-state index contributed by atoms with van der Waals surface area (Å²) in [5.41, 5.74) is 2.26. The summed E-state index contributed by atoms with van der Waals surface area (Å²) in [7, 11) is 3.89. The smallest absolute Gasteiger partial charge is 0.263 e. The number of thiazole rings is 1. The highest BCUT2D eigenvalue weighted by molar-refractivity contribution is 7.17. The molecule has 0 aliphatic carbocycles. The fourth-order valence-corrected chi connectivity index (χ4v) is 2.89. The Morgan fingerprint density at radius 3 is 2.42 bits per heavy atom. The number of carbonyl (C=O) groups excluding carboxylic acids is 2. The van der Waals surface area contributed by atoms with Crippen LogP contribution >= 0.6 is 11.3 Å². The van der Waals surface area contributed by atoms with Gasteiger partial charge in [-0.05, 0) is 40.1 Å². The van der Waals surface area contributed by atoms with E-state index in [1.807, 2.05) is 38.1 Å². The molecule has 0 aliphatic rings. The maximum atomic E-state index is 12.2. The van der Waals surface area contributed by atoms with Gasteiger partial charge in [0.2, 0.25) is 0 Å². The lowest BCUT2D eigenvalue weighted by Crippen LogP contribution is -2.31. The van der Waals surface area contributed by atoms with Gasteiger partial charge in [0.15, 0.2) is 5.13 Å². The number of hydrogen-bond acceptors (Lipinski definition) is 5. The second kappa shape index (κ2) is 8.03. The van der Waals surface area contributed by atoms with Gasteiger partial charge in [-0.1, -0.05) is 29.0 Å². The highest BCUT2D eigenvalue weighted by Crippen LogP contribution is 2.23. The predicted molar refractivity (Wildman–Crippen MR) is 96.9 cm³/mol. The molecule has 1 aromatic heterocycles. The Kier molecular flexibility index (Phi) is 6.05. The minimum Gasteiger partial charge on any atom is -0.350 e. The Hall–Kier alpha value is -2.25. The molecule has 0 fully saturated rings. The van der Waals surface area contributed by atoms with Crippen LogP contribution in [0.15, 0.2) is 24.3 Å². The summed E-state index contributed by atoms with van der Waals surface area (Å²) < 4.78 is 0. The molecule has 0 atom stereocenters. The van der Waals surface area contributed by atoms with E-state index in [0.717, 1.165) is 12.1 Å². The third-order valence-corrected chi connectivity index (χ3v) is 4.45. The van der Waals surface area contributed by atoms with Crippen LogP contribution in [0.1, 0.15) is 31.3 Å². The number of aromatic nitrogens is 1. The van der Waals surface area contributed by atoms with Gasteiger partial charge in [0.1, 0.15) is 4.88 Å². The third kappa shape index (κ3) is 4.87. The molecule has 7 heteroatoms. The first kappa shape index (κ1) is 18.1. The van der Waals surface area contributed by atoms with Gasteiger partial charge < -0.3 is 10.2 Å². The topological polar surface area (TPSA) is 74.3 Å². The van der Waals surface area contributed by atoms with Crippen LogP contribution in [-0.4, -0.2) is 48.9 Å². The zero-order valence-corrected chi connectivity index (χ0v) is 15.2. The van der Waals surface area contributed by atoms with Gasteiger partial charge in [-0.15, -0.1) is 0 Å². The van der Waals surface area contributed by atoms with Crippen molar-refractivity contribution < 1.29 is 9.59 Å². The summed E-state index contributed by atoms with van der Waals surface area (Å²) in [6.45, 7) is 5.06. The zero-order valence-electron chi connectivity index (χ0n) is 14.3. The van der Waals surface area contributed by atoms with Crippen molar-refractivity contribution in [2.75, 3.05) is 32.5 Å². The fraction of sp³-hybridized carbons (Fsp3) is 0.353. The van der Waals surface area contributed by atoms with Gasteiger partial charge in [0.25, 0.3) is 11.8 Å². The average Bonchev–Trinajstić information content (AvgIpc) is 2.88. The van der Waals surface area contributed by atoms with E-state index in [1.54, 1.807) is 19.1 Å². The first-order valence-corrected chi connectivity index (χ1v) is 8.47. The summed E-state index contributed by atoms with van der Waals surface area (Å²) >= 11 is 1.18. The van der Waals surface area contributed by atoms with E-state index in [1.165, 1.54) is 11.3 Å². The molecule has 2 aromatic rings. The van der Waals surface area contributed by atoms with Crippen molar-refractivity contribution in [1.82, 2.24) is 15.2 Å².